The third-order valence-electron chi connectivity index (χ3n) is 3.10. The van der Waals surface area contributed by atoms with E-state index in [1.807, 2.05) is 37.3 Å². The first-order chi connectivity index (χ1) is 10.1. The maximum Gasteiger partial charge on any atom is 0.153 e. The van der Waals surface area contributed by atoms with Crippen molar-refractivity contribution in [2.24, 2.45) is 0 Å². The molecule has 3 aromatic rings. The molecule has 0 unspecified atom stereocenters. The second-order valence-electron chi connectivity index (χ2n) is 4.53. The Morgan fingerprint density at radius 1 is 1.33 bits per heavy atom. The molecule has 6 heteroatoms. The van der Waals surface area contributed by atoms with Crippen LogP contribution in [-0.4, -0.2) is 16.1 Å². The number of hydrogen-bond donors (Lipinski definition) is 0. The molecule has 0 aliphatic heterocycles. The topological polar surface area (TPSA) is 34.9 Å². The molecule has 0 radical (unpaired) electrons. The Balaban J connectivity index is 2.10. The monoisotopic (exact) mass is 380 g/mol. The van der Waals surface area contributed by atoms with Crippen molar-refractivity contribution in [3.8, 4) is 16.3 Å². The number of hydrogen-bond acceptors (Lipinski definition) is 3. The number of halogens is 2. The van der Waals surface area contributed by atoms with Crippen LogP contribution in [0.1, 0.15) is 15.9 Å². The standard InChI is InChI=1S/C15H10BrClN2OS/c1-9-2-3-11(6-12(9)17)19-7-10(8-20)15(18-19)13-4-5-14(16)21-13/h2-8H,1H3. The fraction of sp³-hybridized carbons (Fsp3) is 0.0667. The second kappa shape index (κ2) is 5.75. The first kappa shape index (κ1) is 14.5. The van der Waals surface area contributed by atoms with Gasteiger partial charge in [-0.05, 0) is 52.7 Å². The minimum absolute atomic E-state index is 0.557. The van der Waals surface area contributed by atoms with E-state index in [0.717, 1.165) is 26.2 Å². The normalized spacial score (nSPS) is 10.8. The number of benzene rings is 1. The highest BCUT2D eigenvalue weighted by molar-refractivity contribution is 9.11. The van der Waals surface area contributed by atoms with Crippen molar-refractivity contribution >= 4 is 45.2 Å². The van der Waals surface area contributed by atoms with Gasteiger partial charge in [-0.1, -0.05) is 17.7 Å². The molecule has 3 rings (SSSR count). The SMILES string of the molecule is Cc1ccc(-n2cc(C=O)c(-c3ccc(Br)s3)n2)cc1Cl. The molecule has 0 aliphatic rings. The molecule has 0 fully saturated rings. The molecule has 0 amide bonds. The predicted octanol–water partition coefficient (Wildman–Crippen LogP) is 5.14. The van der Waals surface area contributed by atoms with E-state index >= 15 is 0 Å². The highest BCUT2D eigenvalue weighted by Crippen LogP contribution is 2.32. The molecular weight excluding hydrogens is 372 g/mol. The van der Waals surface area contributed by atoms with Crippen LogP contribution >= 0.6 is 38.9 Å². The Hall–Kier alpha value is -1.43. The summed E-state index contributed by atoms with van der Waals surface area (Å²) in [5.74, 6) is 0. The number of aldehydes is 1. The molecule has 2 aromatic heterocycles. The fourth-order valence-electron chi connectivity index (χ4n) is 1.96. The van der Waals surface area contributed by atoms with Crippen LogP contribution in [0.25, 0.3) is 16.3 Å². The van der Waals surface area contributed by atoms with Crippen molar-refractivity contribution in [3.63, 3.8) is 0 Å². The average molecular weight is 382 g/mol. The summed E-state index contributed by atoms with van der Waals surface area (Å²) in [6.07, 6.45) is 2.54. The summed E-state index contributed by atoms with van der Waals surface area (Å²) in [5.41, 5.74) is 3.07. The zero-order valence-electron chi connectivity index (χ0n) is 11.0. The highest BCUT2D eigenvalue weighted by Gasteiger charge is 2.14. The van der Waals surface area contributed by atoms with Gasteiger partial charge in [0, 0.05) is 11.2 Å². The molecule has 0 spiro atoms. The van der Waals surface area contributed by atoms with E-state index in [9.17, 15) is 4.79 Å². The lowest BCUT2D eigenvalue weighted by atomic mass is 10.2. The van der Waals surface area contributed by atoms with Gasteiger partial charge in [0.05, 0.1) is 19.9 Å². The molecule has 0 saturated heterocycles. The molecule has 21 heavy (non-hydrogen) atoms. The number of nitrogens with zero attached hydrogens (tertiary/aromatic N) is 2. The molecule has 106 valence electrons. The maximum absolute atomic E-state index is 11.3. The third-order valence-corrected chi connectivity index (χ3v) is 5.13. The van der Waals surface area contributed by atoms with Crippen molar-refractivity contribution in [1.29, 1.82) is 0 Å². The van der Waals surface area contributed by atoms with Crippen LogP contribution in [0.15, 0.2) is 40.3 Å². The van der Waals surface area contributed by atoms with E-state index in [0.29, 0.717) is 16.3 Å². The maximum atomic E-state index is 11.3. The van der Waals surface area contributed by atoms with E-state index in [1.165, 1.54) is 0 Å². The summed E-state index contributed by atoms with van der Waals surface area (Å²) >= 11 is 11.1. The van der Waals surface area contributed by atoms with Crippen LogP contribution in [0.2, 0.25) is 5.02 Å². The van der Waals surface area contributed by atoms with Gasteiger partial charge < -0.3 is 0 Å². The Kier molecular flexibility index (Phi) is 3.97. The minimum Gasteiger partial charge on any atom is -0.298 e. The Labute approximate surface area is 139 Å². The summed E-state index contributed by atoms with van der Waals surface area (Å²) in [5, 5.41) is 5.20. The zero-order valence-corrected chi connectivity index (χ0v) is 14.2. The summed E-state index contributed by atoms with van der Waals surface area (Å²) in [4.78, 5) is 12.2. The summed E-state index contributed by atoms with van der Waals surface area (Å²) in [6, 6.07) is 9.58. The third kappa shape index (κ3) is 2.81. The van der Waals surface area contributed by atoms with Crippen LogP contribution in [0.3, 0.4) is 0 Å². The number of rotatable bonds is 3. The van der Waals surface area contributed by atoms with Crippen LogP contribution in [0.5, 0.6) is 0 Å². The first-order valence-electron chi connectivity index (χ1n) is 6.15. The van der Waals surface area contributed by atoms with E-state index in [2.05, 4.69) is 21.0 Å². The smallest absolute Gasteiger partial charge is 0.153 e. The molecule has 0 bridgehead atoms. The number of aromatic nitrogens is 2. The van der Waals surface area contributed by atoms with Crippen molar-refractivity contribution in [3.05, 3.63) is 56.5 Å². The number of thiophene rings is 1. The molecule has 0 aliphatic carbocycles. The summed E-state index contributed by atoms with van der Waals surface area (Å²) < 4.78 is 2.68. The quantitative estimate of drug-likeness (QED) is 0.589. The largest absolute Gasteiger partial charge is 0.298 e. The zero-order chi connectivity index (χ0) is 15.0. The highest BCUT2D eigenvalue weighted by atomic mass is 79.9. The van der Waals surface area contributed by atoms with Gasteiger partial charge in [-0.2, -0.15) is 5.10 Å². The Bertz CT molecular complexity index is 825. The van der Waals surface area contributed by atoms with Crippen LogP contribution in [0.4, 0.5) is 0 Å². The second-order valence-corrected chi connectivity index (χ2v) is 7.40. The number of carbonyl (C=O) groups excluding carboxylic acids is 1. The molecule has 0 saturated carbocycles. The van der Waals surface area contributed by atoms with Gasteiger partial charge in [0.15, 0.2) is 6.29 Å². The average Bonchev–Trinajstić information content (AvgIpc) is 3.07. The molecular formula is C15H10BrClN2OS. The molecule has 3 nitrogen and oxygen atoms in total. The Morgan fingerprint density at radius 3 is 2.76 bits per heavy atom. The van der Waals surface area contributed by atoms with E-state index in [4.69, 9.17) is 11.6 Å². The van der Waals surface area contributed by atoms with E-state index < -0.39 is 0 Å². The fourth-order valence-corrected chi connectivity index (χ4v) is 3.53. The lowest BCUT2D eigenvalue weighted by Gasteiger charge is -2.03. The van der Waals surface area contributed by atoms with Gasteiger partial charge in [-0.15, -0.1) is 11.3 Å². The summed E-state index contributed by atoms with van der Waals surface area (Å²) in [7, 11) is 0. The first-order valence-corrected chi connectivity index (χ1v) is 8.14. The Morgan fingerprint density at radius 2 is 2.14 bits per heavy atom. The minimum atomic E-state index is 0.557. The predicted molar refractivity (Wildman–Crippen MR) is 89.7 cm³/mol. The van der Waals surface area contributed by atoms with E-state index in [-0.39, 0.29) is 0 Å². The summed E-state index contributed by atoms with van der Waals surface area (Å²) in [6.45, 7) is 1.95. The van der Waals surface area contributed by atoms with Gasteiger partial charge in [0.25, 0.3) is 0 Å². The van der Waals surface area contributed by atoms with Crippen molar-refractivity contribution in [2.75, 3.05) is 0 Å². The molecule has 2 heterocycles. The number of aryl methyl sites for hydroxylation is 1. The van der Waals surface area contributed by atoms with Gasteiger partial charge in [-0.3, -0.25) is 4.79 Å². The van der Waals surface area contributed by atoms with Crippen molar-refractivity contribution < 1.29 is 4.79 Å². The van der Waals surface area contributed by atoms with Gasteiger partial charge in [0.2, 0.25) is 0 Å². The van der Waals surface area contributed by atoms with Gasteiger partial charge in [-0.25, -0.2) is 4.68 Å². The van der Waals surface area contributed by atoms with E-state index in [1.54, 1.807) is 22.2 Å². The lowest BCUT2D eigenvalue weighted by Crippen LogP contribution is -1.95. The van der Waals surface area contributed by atoms with Crippen LogP contribution < -0.4 is 0 Å². The molecule has 1 aromatic carbocycles. The number of carbonyl (C=O) groups is 1. The van der Waals surface area contributed by atoms with Crippen molar-refractivity contribution in [1.82, 2.24) is 9.78 Å². The lowest BCUT2D eigenvalue weighted by molar-refractivity contribution is 0.112. The molecule has 0 atom stereocenters. The van der Waals surface area contributed by atoms with Crippen molar-refractivity contribution in [2.45, 2.75) is 6.92 Å². The van der Waals surface area contributed by atoms with Gasteiger partial charge >= 0.3 is 0 Å². The van der Waals surface area contributed by atoms with Gasteiger partial charge in [0.1, 0.15) is 5.69 Å². The van der Waals surface area contributed by atoms with Crippen LogP contribution in [0, 0.1) is 6.92 Å². The van der Waals surface area contributed by atoms with Crippen LogP contribution in [-0.2, 0) is 0 Å². The molecule has 0 N–H and O–H groups in total.